The summed E-state index contributed by atoms with van der Waals surface area (Å²) < 4.78 is 15.2. The number of anilines is 2. The van der Waals surface area contributed by atoms with Gasteiger partial charge in [-0.2, -0.15) is 0 Å². The fourth-order valence-electron chi connectivity index (χ4n) is 3.62. The summed E-state index contributed by atoms with van der Waals surface area (Å²) in [5, 5.41) is 0. The first-order valence-electron chi connectivity index (χ1n) is 9.58. The van der Waals surface area contributed by atoms with Crippen LogP contribution in [-0.2, 0) is 35.0 Å². The van der Waals surface area contributed by atoms with Crippen LogP contribution in [0.25, 0.3) is 0 Å². The molecule has 0 fully saturated rings. The quantitative estimate of drug-likeness (QED) is 0.712. The molecule has 29 heavy (non-hydrogen) atoms. The Kier molecular flexibility index (Phi) is 6.22. The number of esters is 2. The van der Waals surface area contributed by atoms with Crippen molar-refractivity contribution in [2.45, 2.75) is 26.7 Å². The lowest BCUT2D eigenvalue weighted by Gasteiger charge is -2.34. The lowest BCUT2D eigenvalue weighted by molar-refractivity contribution is -0.140. The fourth-order valence-corrected chi connectivity index (χ4v) is 3.62. The first kappa shape index (κ1) is 20.9. The van der Waals surface area contributed by atoms with Gasteiger partial charge < -0.3 is 24.0 Å². The SMILES string of the molecule is COC(=O)C1=C(C(=O)OC)N(c2ccc3c(c2)N(C(=O)C(C)C)CCC3)COC1. The largest absolute Gasteiger partial charge is 0.466 e. The summed E-state index contributed by atoms with van der Waals surface area (Å²) in [5.74, 6) is -1.37. The van der Waals surface area contributed by atoms with Crippen molar-refractivity contribution in [3.63, 3.8) is 0 Å². The normalized spacial score (nSPS) is 16.6. The van der Waals surface area contributed by atoms with Crippen LogP contribution in [0.3, 0.4) is 0 Å². The Balaban J connectivity index is 2.08. The minimum absolute atomic E-state index is 0.0451. The van der Waals surface area contributed by atoms with Crippen LogP contribution in [0.2, 0.25) is 0 Å². The lowest BCUT2D eigenvalue weighted by Crippen LogP contribution is -2.40. The van der Waals surface area contributed by atoms with Crippen molar-refractivity contribution in [1.82, 2.24) is 0 Å². The molecule has 8 nitrogen and oxygen atoms in total. The number of carbonyl (C=O) groups is 3. The van der Waals surface area contributed by atoms with Crippen molar-refractivity contribution in [3.8, 4) is 0 Å². The Hall–Kier alpha value is -2.87. The van der Waals surface area contributed by atoms with Gasteiger partial charge in [0.25, 0.3) is 0 Å². The second-order valence-corrected chi connectivity index (χ2v) is 7.28. The lowest BCUT2D eigenvalue weighted by atomic mass is 9.99. The fraction of sp³-hybridized carbons (Fsp3) is 0.476. The maximum absolute atomic E-state index is 12.7. The van der Waals surface area contributed by atoms with Crippen LogP contribution in [-0.4, -0.2) is 51.9 Å². The minimum atomic E-state index is -0.651. The van der Waals surface area contributed by atoms with Gasteiger partial charge in [-0.3, -0.25) is 4.79 Å². The number of hydrogen-bond donors (Lipinski definition) is 0. The van der Waals surface area contributed by atoms with Crippen LogP contribution in [0, 0.1) is 5.92 Å². The molecule has 0 aliphatic carbocycles. The molecule has 1 aromatic carbocycles. The van der Waals surface area contributed by atoms with Gasteiger partial charge in [-0.25, -0.2) is 9.59 Å². The van der Waals surface area contributed by atoms with Crippen molar-refractivity contribution < 1.29 is 28.6 Å². The molecule has 1 aromatic rings. The van der Waals surface area contributed by atoms with Gasteiger partial charge in [-0.1, -0.05) is 19.9 Å². The van der Waals surface area contributed by atoms with Gasteiger partial charge in [0.15, 0.2) is 0 Å². The van der Waals surface area contributed by atoms with E-state index in [4.69, 9.17) is 14.2 Å². The molecule has 0 bridgehead atoms. The average Bonchev–Trinajstić information content (AvgIpc) is 2.76. The number of methoxy groups -OCH3 is 2. The van der Waals surface area contributed by atoms with E-state index in [1.54, 1.807) is 9.80 Å². The van der Waals surface area contributed by atoms with E-state index in [1.165, 1.54) is 14.2 Å². The second kappa shape index (κ2) is 8.65. The first-order chi connectivity index (χ1) is 13.9. The highest BCUT2D eigenvalue weighted by atomic mass is 16.5. The molecule has 0 saturated carbocycles. The molecule has 2 aliphatic rings. The third-order valence-corrected chi connectivity index (χ3v) is 5.09. The van der Waals surface area contributed by atoms with E-state index < -0.39 is 11.9 Å². The van der Waals surface area contributed by atoms with E-state index in [2.05, 4.69) is 0 Å². The molecule has 0 spiro atoms. The minimum Gasteiger partial charge on any atom is -0.466 e. The molecule has 0 N–H and O–H groups in total. The summed E-state index contributed by atoms with van der Waals surface area (Å²) >= 11 is 0. The van der Waals surface area contributed by atoms with Gasteiger partial charge in [0.05, 0.1) is 26.4 Å². The zero-order valence-corrected chi connectivity index (χ0v) is 17.2. The van der Waals surface area contributed by atoms with Crippen molar-refractivity contribution in [3.05, 3.63) is 35.0 Å². The smallest absolute Gasteiger partial charge is 0.355 e. The molecule has 0 unspecified atom stereocenters. The van der Waals surface area contributed by atoms with Crippen molar-refractivity contribution in [1.29, 1.82) is 0 Å². The number of nitrogens with zero attached hydrogens (tertiary/aromatic N) is 2. The van der Waals surface area contributed by atoms with Gasteiger partial charge in [0, 0.05) is 23.8 Å². The van der Waals surface area contributed by atoms with E-state index in [0.717, 1.165) is 24.1 Å². The van der Waals surface area contributed by atoms with Crippen LogP contribution in [0.1, 0.15) is 25.8 Å². The van der Waals surface area contributed by atoms with Gasteiger partial charge in [-0.05, 0) is 30.5 Å². The number of carbonyl (C=O) groups excluding carboxylic acids is 3. The predicted molar refractivity (Wildman–Crippen MR) is 106 cm³/mol. The zero-order valence-electron chi connectivity index (χ0n) is 17.2. The predicted octanol–water partition coefficient (Wildman–Crippen LogP) is 2.02. The topological polar surface area (TPSA) is 85.4 Å². The number of benzene rings is 1. The van der Waals surface area contributed by atoms with E-state index in [9.17, 15) is 14.4 Å². The van der Waals surface area contributed by atoms with Gasteiger partial charge in [0.1, 0.15) is 12.4 Å². The monoisotopic (exact) mass is 402 g/mol. The van der Waals surface area contributed by atoms with Gasteiger partial charge in [-0.15, -0.1) is 0 Å². The number of amides is 1. The molecular formula is C21H26N2O6. The number of aryl methyl sites for hydroxylation is 1. The standard InChI is InChI=1S/C21H26N2O6/c1-13(2)19(24)22-9-5-6-14-7-8-15(10-17(14)22)23-12-29-11-16(20(25)27-3)18(23)21(26)28-4/h7-8,10,13H,5-6,9,11-12H2,1-4H3. The molecule has 0 saturated heterocycles. The van der Waals surface area contributed by atoms with Crippen molar-refractivity contribution in [2.75, 3.05) is 43.9 Å². The summed E-state index contributed by atoms with van der Waals surface area (Å²) in [6.07, 6.45) is 1.78. The van der Waals surface area contributed by atoms with Gasteiger partial charge >= 0.3 is 11.9 Å². The first-order valence-corrected chi connectivity index (χ1v) is 9.58. The molecule has 2 heterocycles. The summed E-state index contributed by atoms with van der Waals surface area (Å²) in [6, 6.07) is 5.67. The molecule has 0 aromatic heterocycles. The highest BCUT2D eigenvalue weighted by Gasteiger charge is 2.33. The molecule has 0 atom stereocenters. The van der Waals surface area contributed by atoms with E-state index >= 15 is 0 Å². The Morgan fingerprint density at radius 3 is 2.48 bits per heavy atom. The molecule has 0 radical (unpaired) electrons. The van der Waals surface area contributed by atoms with E-state index in [0.29, 0.717) is 12.2 Å². The Bertz CT molecular complexity index is 861. The Morgan fingerprint density at radius 2 is 1.83 bits per heavy atom. The number of ether oxygens (including phenoxy) is 3. The average molecular weight is 402 g/mol. The summed E-state index contributed by atoms with van der Waals surface area (Å²) in [5.41, 5.74) is 2.71. The number of rotatable bonds is 4. The van der Waals surface area contributed by atoms with Crippen LogP contribution in [0.5, 0.6) is 0 Å². The molecular weight excluding hydrogens is 376 g/mol. The number of fused-ring (bicyclic) bond motifs is 1. The summed E-state index contributed by atoms with van der Waals surface area (Å²) in [4.78, 5) is 40.7. The molecule has 8 heteroatoms. The summed E-state index contributed by atoms with van der Waals surface area (Å²) in [6.45, 7) is 4.43. The van der Waals surface area contributed by atoms with Crippen LogP contribution >= 0.6 is 0 Å². The Morgan fingerprint density at radius 1 is 1.10 bits per heavy atom. The second-order valence-electron chi connectivity index (χ2n) is 7.28. The summed E-state index contributed by atoms with van der Waals surface area (Å²) in [7, 11) is 2.51. The van der Waals surface area contributed by atoms with Gasteiger partial charge in [0.2, 0.25) is 5.91 Å². The van der Waals surface area contributed by atoms with Crippen LogP contribution in [0.15, 0.2) is 29.5 Å². The zero-order chi connectivity index (χ0) is 21.1. The van der Waals surface area contributed by atoms with Crippen LogP contribution in [0.4, 0.5) is 11.4 Å². The molecule has 2 aliphatic heterocycles. The maximum Gasteiger partial charge on any atom is 0.355 e. The van der Waals surface area contributed by atoms with Crippen molar-refractivity contribution >= 4 is 29.2 Å². The van der Waals surface area contributed by atoms with E-state index in [-0.39, 0.29) is 36.4 Å². The third-order valence-electron chi connectivity index (χ3n) is 5.09. The maximum atomic E-state index is 12.7. The molecule has 3 rings (SSSR count). The Labute approximate surface area is 170 Å². The third kappa shape index (κ3) is 3.98. The highest BCUT2D eigenvalue weighted by Crippen LogP contribution is 2.35. The molecule has 1 amide bonds. The van der Waals surface area contributed by atoms with Crippen molar-refractivity contribution in [2.24, 2.45) is 5.92 Å². The highest BCUT2D eigenvalue weighted by molar-refractivity contribution is 6.04. The number of hydrogen-bond acceptors (Lipinski definition) is 7. The van der Waals surface area contributed by atoms with Crippen LogP contribution < -0.4 is 9.80 Å². The van der Waals surface area contributed by atoms with E-state index in [1.807, 2.05) is 32.0 Å². The molecule has 156 valence electrons.